The van der Waals surface area contributed by atoms with Gasteiger partial charge in [0, 0.05) is 0 Å². The van der Waals surface area contributed by atoms with Crippen LogP contribution < -0.4 is 0 Å². The molecule has 0 aliphatic rings. The molecule has 0 aromatic rings. The summed E-state index contributed by atoms with van der Waals surface area (Å²) < 4.78 is 0. The van der Waals surface area contributed by atoms with Gasteiger partial charge in [-0.2, -0.15) is 10.5 Å². The van der Waals surface area contributed by atoms with E-state index in [2.05, 4.69) is 0 Å². The average Bonchev–Trinajstić information content (AvgIpc) is 1.95. The molecule has 0 aliphatic heterocycles. The van der Waals surface area contributed by atoms with Gasteiger partial charge in [0.15, 0.2) is 5.04 Å². The van der Waals surface area contributed by atoms with Crippen molar-refractivity contribution in [1.29, 1.82) is 10.5 Å². The first-order valence-electron chi connectivity index (χ1n) is 2.48. The zero-order valence-corrected chi connectivity index (χ0v) is 6.05. The van der Waals surface area contributed by atoms with Gasteiger partial charge in [0.05, 0.1) is 12.1 Å². The summed E-state index contributed by atoms with van der Waals surface area (Å²) in [5, 5.41) is 15.6. The van der Waals surface area contributed by atoms with E-state index in [1.807, 2.05) is 0 Å². The molecule has 3 nitrogen and oxygen atoms in total. The molecule has 0 heterocycles. The van der Waals surface area contributed by atoms with Gasteiger partial charge in [-0.1, -0.05) is 6.92 Å². The zero-order valence-electron chi connectivity index (χ0n) is 5.05. The second kappa shape index (κ2) is 3.24. The van der Waals surface area contributed by atoms with Gasteiger partial charge in [0.1, 0.15) is 0 Å². The SMILES string of the molecule is CCC(C#N)(C#N)[Si]O. The van der Waals surface area contributed by atoms with Crippen LogP contribution in [-0.2, 0) is 0 Å². The predicted octanol–water partition coefficient (Wildman–Crippen LogP) is 0.214. The third-order valence-electron chi connectivity index (χ3n) is 1.10. The molecule has 0 fully saturated rings. The maximum absolute atomic E-state index is 8.56. The fourth-order valence-corrected chi connectivity index (χ4v) is 0.570. The van der Waals surface area contributed by atoms with E-state index in [-0.39, 0.29) is 0 Å². The van der Waals surface area contributed by atoms with Crippen LogP contribution >= 0.6 is 0 Å². The lowest BCUT2D eigenvalue weighted by Gasteiger charge is -2.07. The molecule has 0 aliphatic carbocycles. The van der Waals surface area contributed by atoms with Crippen molar-refractivity contribution in [3.05, 3.63) is 0 Å². The first-order chi connectivity index (χ1) is 4.24. The van der Waals surface area contributed by atoms with Crippen molar-refractivity contribution in [3.63, 3.8) is 0 Å². The average molecular weight is 138 g/mol. The van der Waals surface area contributed by atoms with Crippen LogP contribution in [0.1, 0.15) is 13.3 Å². The Labute approximate surface area is 56.5 Å². The van der Waals surface area contributed by atoms with Crippen LogP contribution in [0.4, 0.5) is 0 Å². The van der Waals surface area contributed by atoms with Crippen molar-refractivity contribution >= 4 is 9.76 Å². The Bertz CT molecular complexity index is 147. The Morgan fingerprint density at radius 1 is 1.56 bits per heavy atom. The number of nitrogens with zero attached hydrogens (tertiary/aromatic N) is 2. The highest BCUT2D eigenvalue weighted by molar-refractivity contribution is 6.33. The molecule has 4 heteroatoms. The lowest BCUT2D eigenvalue weighted by Crippen LogP contribution is -2.14. The summed E-state index contributed by atoms with van der Waals surface area (Å²) in [5.41, 5.74) is 0. The third kappa shape index (κ3) is 1.53. The lowest BCUT2D eigenvalue weighted by molar-refractivity contribution is 0.566. The van der Waals surface area contributed by atoms with Crippen molar-refractivity contribution in [2.45, 2.75) is 18.4 Å². The molecule has 0 saturated carbocycles. The molecule has 0 rings (SSSR count). The minimum absolute atomic E-state index is 0.384. The van der Waals surface area contributed by atoms with Crippen molar-refractivity contribution < 1.29 is 4.80 Å². The Morgan fingerprint density at radius 3 is 2.00 bits per heavy atom. The van der Waals surface area contributed by atoms with E-state index >= 15 is 0 Å². The number of rotatable bonds is 2. The van der Waals surface area contributed by atoms with Crippen LogP contribution in [0.3, 0.4) is 0 Å². The number of nitriles is 2. The first kappa shape index (κ1) is 8.16. The Balaban J connectivity index is 4.28. The Hall–Kier alpha value is -0.843. The van der Waals surface area contributed by atoms with Crippen LogP contribution in [0, 0.1) is 22.7 Å². The van der Waals surface area contributed by atoms with E-state index < -0.39 is 14.8 Å². The molecule has 0 saturated heterocycles. The van der Waals surface area contributed by atoms with Gasteiger partial charge in [-0.05, 0) is 6.42 Å². The molecule has 0 aromatic heterocycles. The normalized spacial score (nSPS) is 9.78. The second-order valence-corrected chi connectivity index (χ2v) is 2.67. The Morgan fingerprint density at radius 2 is 2.00 bits per heavy atom. The minimum Gasteiger partial charge on any atom is -0.430 e. The fraction of sp³-hybridized carbons (Fsp3) is 0.600. The van der Waals surface area contributed by atoms with Crippen molar-refractivity contribution in [3.8, 4) is 12.1 Å². The van der Waals surface area contributed by atoms with E-state index in [0.717, 1.165) is 0 Å². The molecule has 0 atom stereocenters. The quantitative estimate of drug-likeness (QED) is 0.555. The van der Waals surface area contributed by atoms with Crippen molar-refractivity contribution in [2.75, 3.05) is 0 Å². The first-order valence-corrected chi connectivity index (χ1v) is 3.43. The number of hydrogen-bond acceptors (Lipinski definition) is 3. The number of hydrogen-bond donors (Lipinski definition) is 1. The molecular formula is C5H6N2OSi. The second-order valence-electron chi connectivity index (χ2n) is 1.59. The monoisotopic (exact) mass is 138 g/mol. The largest absolute Gasteiger partial charge is 0.430 e. The molecule has 2 radical (unpaired) electrons. The van der Waals surface area contributed by atoms with Gasteiger partial charge in [-0.15, -0.1) is 0 Å². The standard InChI is InChI=1S/C5H6N2OSi/c1-2-5(3-6,4-7)9-8/h8H,2H2,1H3. The van der Waals surface area contributed by atoms with Gasteiger partial charge in [-0.25, -0.2) is 0 Å². The summed E-state index contributed by atoms with van der Waals surface area (Å²) in [7, 11) is -0.603. The van der Waals surface area contributed by atoms with Gasteiger partial charge >= 0.3 is 0 Å². The highest BCUT2D eigenvalue weighted by Crippen LogP contribution is 2.24. The maximum Gasteiger partial charge on any atom is 0.264 e. The fourth-order valence-electron chi connectivity index (χ4n) is 0.312. The summed E-state index contributed by atoms with van der Waals surface area (Å²) >= 11 is 0. The van der Waals surface area contributed by atoms with Crippen LogP contribution in [0.5, 0.6) is 0 Å². The summed E-state index contributed by atoms with van der Waals surface area (Å²) in [4.78, 5) is 8.56. The van der Waals surface area contributed by atoms with Crippen molar-refractivity contribution in [2.24, 2.45) is 0 Å². The molecule has 0 aromatic carbocycles. The maximum atomic E-state index is 8.56. The lowest BCUT2D eigenvalue weighted by atomic mass is 10.1. The predicted molar refractivity (Wildman–Crippen MR) is 32.2 cm³/mol. The molecule has 0 spiro atoms. The summed E-state index contributed by atoms with van der Waals surface area (Å²) in [5.74, 6) is 0. The summed E-state index contributed by atoms with van der Waals surface area (Å²) in [6.45, 7) is 1.70. The minimum atomic E-state index is -1.14. The molecule has 0 bridgehead atoms. The molecule has 0 amide bonds. The van der Waals surface area contributed by atoms with E-state index in [9.17, 15) is 0 Å². The van der Waals surface area contributed by atoms with Gasteiger partial charge in [0.25, 0.3) is 9.76 Å². The van der Waals surface area contributed by atoms with Crippen LogP contribution in [-0.4, -0.2) is 14.6 Å². The smallest absolute Gasteiger partial charge is 0.264 e. The van der Waals surface area contributed by atoms with E-state index in [1.165, 1.54) is 0 Å². The Kier molecular flexibility index (Phi) is 2.93. The van der Waals surface area contributed by atoms with Crippen LogP contribution in [0.25, 0.3) is 0 Å². The molecule has 1 N–H and O–H groups in total. The summed E-state index contributed by atoms with van der Waals surface area (Å²) in [6, 6.07) is 3.53. The van der Waals surface area contributed by atoms with Gasteiger partial charge in [-0.3, -0.25) is 0 Å². The van der Waals surface area contributed by atoms with Gasteiger partial charge < -0.3 is 4.80 Å². The highest BCUT2D eigenvalue weighted by Gasteiger charge is 2.28. The molecular weight excluding hydrogens is 132 g/mol. The zero-order chi connectivity index (χ0) is 7.33. The molecule has 46 valence electrons. The molecule has 0 unspecified atom stereocenters. The van der Waals surface area contributed by atoms with Crippen LogP contribution in [0.15, 0.2) is 0 Å². The highest BCUT2D eigenvalue weighted by atomic mass is 28.2. The van der Waals surface area contributed by atoms with E-state index in [0.29, 0.717) is 6.42 Å². The summed E-state index contributed by atoms with van der Waals surface area (Å²) in [6.07, 6.45) is 0.384. The van der Waals surface area contributed by atoms with Gasteiger partial charge in [0.2, 0.25) is 0 Å². The van der Waals surface area contributed by atoms with E-state index in [1.54, 1.807) is 19.1 Å². The van der Waals surface area contributed by atoms with Crippen molar-refractivity contribution in [1.82, 2.24) is 0 Å². The molecule has 9 heavy (non-hydrogen) atoms. The van der Waals surface area contributed by atoms with Crippen LogP contribution in [0.2, 0.25) is 5.04 Å². The van der Waals surface area contributed by atoms with E-state index in [4.69, 9.17) is 15.3 Å². The third-order valence-corrected chi connectivity index (χ3v) is 2.06. The topological polar surface area (TPSA) is 67.8 Å².